The highest BCUT2D eigenvalue weighted by atomic mass is 16.5. The van der Waals surface area contributed by atoms with Gasteiger partial charge in [0.15, 0.2) is 0 Å². The zero-order valence-corrected chi connectivity index (χ0v) is 16.1. The van der Waals surface area contributed by atoms with Crippen LogP contribution in [0.5, 0.6) is 0 Å². The second-order valence-electron chi connectivity index (χ2n) is 6.91. The first-order valence-corrected chi connectivity index (χ1v) is 10.1. The second-order valence-corrected chi connectivity index (χ2v) is 6.91. The van der Waals surface area contributed by atoms with Gasteiger partial charge in [0.05, 0.1) is 18.9 Å². The third-order valence-corrected chi connectivity index (χ3v) is 4.63. The Morgan fingerprint density at radius 3 is 1.96 bits per heavy atom. The molecule has 0 aromatic heterocycles. The van der Waals surface area contributed by atoms with Gasteiger partial charge in [0.2, 0.25) is 0 Å². The molecule has 1 aromatic carbocycles. The van der Waals surface area contributed by atoms with Crippen molar-refractivity contribution in [1.82, 2.24) is 0 Å². The number of esters is 1. The quantitative estimate of drug-likeness (QED) is 0.321. The van der Waals surface area contributed by atoms with E-state index in [1.165, 1.54) is 51.4 Å². The summed E-state index contributed by atoms with van der Waals surface area (Å²) in [6.07, 6.45) is 12.2. The van der Waals surface area contributed by atoms with Gasteiger partial charge in [0.25, 0.3) is 0 Å². The Balaban J connectivity index is 2.08. The minimum atomic E-state index is -0.993. The molecule has 0 aliphatic carbocycles. The summed E-state index contributed by atoms with van der Waals surface area (Å²) in [6, 6.07) is 8.84. The van der Waals surface area contributed by atoms with Crippen LogP contribution < -0.4 is 0 Å². The lowest BCUT2D eigenvalue weighted by molar-refractivity contribution is -0.149. The molecule has 0 saturated carbocycles. The highest BCUT2D eigenvalue weighted by Gasteiger charge is 2.23. The van der Waals surface area contributed by atoms with E-state index in [-0.39, 0.29) is 6.42 Å². The van der Waals surface area contributed by atoms with Crippen LogP contribution in [-0.4, -0.2) is 23.7 Å². The maximum absolute atomic E-state index is 11.9. The van der Waals surface area contributed by atoms with Gasteiger partial charge >= 0.3 is 11.9 Å². The fraction of sp³-hybridized carbons (Fsp3) is 0.636. The summed E-state index contributed by atoms with van der Waals surface area (Å²) in [5.41, 5.74) is 0.635. The minimum absolute atomic E-state index is 0.114. The van der Waals surface area contributed by atoms with Crippen LogP contribution in [0.3, 0.4) is 0 Å². The largest absolute Gasteiger partial charge is 0.481 e. The van der Waals surface area contributed by atoms with Gasteiger partial charge in [-0.05, 0) is 12.0 Å². The smallest absolute Gasteiger partial charge is 0.311 e. The molecule has 1 rings (SSSR count). The molecule has 0 spiro atoms. The van der Waals surface area contributed by atoms with Crippen LogP contribution in [0.25, 0.3) is 0 Å². The number of unbranched alkanes of at least 4 members (excludes halogenated alkanes) is 9. The lowest BCUT2D eigenvalue weighted by atomic mass is 9.96. The highest BCUT2D eigenvalue weighted by Crippen LogP contribution is 2.20. The Labute approximate surface area is 158 Å². The van der Waals surface area contributed by atoms with E-state index < -0.39 is 17.9 Å². The number of hydrogen-bond donors (Lipinski definition) is 1. The molecule has 1 atom stereocenters. The van der Waals surface area contributed by atoms with Crippen molar-refractivity contribution in [1.29, 1.82) is 0 Å². The van der Waals surface area contributed by atoms with Gasteiger partial charge in [-0.3, -0.25) is 9.59 Å². The second kappa shape index (κ2) is 14.3. The molecule has 26 heavy (non-hydrogen) atoms. The standard InChI is InChI=1S/C22H34O4/c1-2-3-4-5-6-7-8-9-10-14-17-26-21(23)18-20(22(24)25)19-15-12-11-13-16-19/h11-13,15-16,20H,2-10,14,17-18H2,1H3,(H,24,25). The third-order valence-electron chi connectivity index (χ3n) is 4.63. The van der Waals surface area contributed by atoms with E-state index in [9.17, 15) is 14.7 Å². The number of ether oxygens (including phenoxy) is 1. The van der Waals surface area contributed by atoms with Crippen LogP contribution in [0.15, 0.2) is 30.3 Å². The maximum Gasteiger partial charge on any atom is 0.311 e. The molecule has 1 unspecified atom stereocenters. The number of carboxylic acids is 1. The molecule has 0 radical (unpaired) electrons. The van der Waals surface area contributed by atoms with Crippen molar-refractivity contribution < 1.29 is 19.4 Å². The lowest BCUT2D eigenvalue weighted by Gasteiger charge is -2.12. The van der Waals surface area contributed by atoms with E-state index in [1.54, 1.807) is 24.3 Å². The van der Waals surface area contributed by atoms with E-state index in [4.69, 9.17) is 4.74 Å². The van der Waals surface area contributed by atoms with Gasteiger partial charge in [-0.25, -0.2) is 0 Å². The summed E-state index contributed by atoms with van der Waals surface area (Å²) >= 11 is 0. The molecule has 0 heterocycles. The number of carbonyl (C=O) groups excluding carboxylic acids is 1. The molecular formula is C22H34O4. The molecule has 146 valence electrons. The average Bonchev–Trinajstić information content (AvgIpc) is 2.64. The van der Waals surface area contributed by atoms with Crippen molar-refractivity contribution in [3.63, 3.8) is 0 Å². The van der Waals surface area contributed by atoms with Crippen molar-refractivity contribution in [2.24, 2.45) is 0 Å². The zero-order valence-electron chi connectivity index (χ0n) is 16.1. The van der Waals surface area contributed by atoms with E-state index in [0.717, 1.165) is 12.8 Å². The van der Waals surface area contributed by atoms with Crippen LogP contribution in [0.4, 0.5) is 0 Å². The minimum Gasteiger partial charge on any atom is -0.481 e. The summed E-state index contributed by atoms with van der Waals surface area (Å²) in [7, 11) is 0. The Kier molecular flexibility index (Phi) is 12.2. The Hall–Kier alpha value is -1.84. The highest BCUT2D eigenvalue weighted by molar-refractivity contribution is 5.83. The Morgan fingerprint density at radius 1 is 0.885 bits per heavy atom. The first-order chi connectivity index (χ1) is 12.6. The fourth-order valence-corrected chi connectivity index (χ4v) is 3.03. The molecular weight excluding hydrogens is 328 g/mol. The number of carbonyl (C=O) groups is 2. The molecule has 0 aliphatic heterocycles. The Morgan fingerprint density at radius 2 is 1.42 bits per heavy atom. The molecule has 0 bridgehead atoms. The van der Waals surface area contributed by atoms with Crippen LogP contribution in [0.1, 0.15) is 89.0 Å². The molecule has 1 aromatic rings. The number of carboxylic acid groups (broad SMARTS) is 1. The molecule has 4 nitrogen and oxygen atoms in total. The number of aliphatic carboxylic acids is 1. The number of hydrogen-bond acceptors (Lipinski definition) is 3. The lowest BCUT2D eigenvalue weighted by Crippen LogP contribution is -2.18. The fourth-order valence-electron chi connectivity index (χ4n) is 3.03. The van der Waals surface area contributed by atoms with E-state index in [0.29, 0.717) is 12.2 Å². The van der Waals surface area contributed by atoms with Crippen molar-refractivity contribution in [2.75, 3.05) is 6.61 Å². The molecule has 0 saturated heterocycles. The first kappa shape index (κ1) is 22.2. The van der Waals surface area contributed by atoms with Crippen LogP contribution >= 0.6 is 0 Å². The monoisotopic (exact) mass is 362 g/mol. The number of rotatable bonds is 15. The molecule has 1 N–H and O–H groups in total. The topological polar surface area (TPSA) is 63.6 Å². The molecule has 0 aliphatic rings. The van der Waals surface area contributed by atoms with E-state index in [2.05, 4.69) is 6.92 Å². The van der Waals surface area contributed by atoms with Crippen LogP contribution in [0.2, 0.25) is 0 Å². The maximum atomic E-state index is 11.9. The van der Waals surface area contributed by atoms with Gasteiger partial charge in [-0.1, -0.05) is 95.0 Å². The van der Waals surface area contributed by atoms with E-state index >= 15 is 0 Å². The molecule has 4 heteroatoms. The Bertz CT molecular complexity index is 498. The van der Waals surface area contributed by atoms with Crippen LogP contribution in [0, 0.1) is 0 Å². The normalized spacial score (nSPS) is 11.9. The van der Waals surface area contributed by atoms with Gasteiger partial charge < -0.3 is 9.84 Å². The van der Waals surface area contributed by atoms with Crippen molar-refractivity contribution in [3.05, 3.63) is 35.9 Å². The molecule has 0 amide bonds. The van der Waals surface area contributed by atoms with Gasteiger partial charge in [0.1, 0.15) is 0 Å². The third kappa shape index (κ3) is 10.2. The first-order valence-electron chi connectivity index (χ1n) is 10.1. The summed E-state index contributed by atoms with van der Waals surface area (Å²) in [5, 5.41) is 9.33. The van der Waals surface area contributed by atoms with Crippen molar-refractivity contribution >= 4 is 11.9 Å². The van der Waals surface area contributed by atoms with Crippen LogP contribution in [-0.2, 0) is 14.3 Å². The average molecular weight is 363 g/mol. The summed E-state index contributed by atoms with van der Waals surface area (Å²) < 4.78 is 5.21. The summed E-state index contributed by atoms with van der Waals surface area (Å²) in [6.45, 7) is 2.62. The van der Waals surface area contributed by atoms with Gasteiger partial charge in [-0.15, -0.1) is 0 Å². The predicted molar refractivity (Wildman–Crippen MR) is 104 cm³/mol. The zero-order chi connectivity index (χ0) is 19.0. The summed E-state index contributed by atoms with van der Waals surface area (Å²) in [5.74, 6) is -2.26. The SMILES string of the molecule is CCCCCCCCCCCCOC(=O)CC(C(=O)O)c1ccccc1. The van der Waals surface area contributed by atoms with E-state index in [1.807, 2.05) is 6.07 Å². The van der Waals surface area contributed by atoms with Gasteiger partial charge in [0, 0.05) is 0 Å². The number of benzene rings is 1. The van der Waals surface area contributed by atoms with Crippen molar-refractivity contribution in [2.45, 2.75) is 83.5 Å². The van der Waals surface area contributed by atoms with Gasteiger partial charge in [-0.2, -0.15) is 0 Å². The predicted octanol–water partition coefficient (Wildman–Crippen LogP) is 5.71. The summed E-state index contributed by atoms with van der Waals surface area (Å²) in [4.78, 5) is 23.3. The van der Waals surface area contributed by atoms with Crippen molar-refractivity contribution in [3.8, 4) is 0 Å². The molecule has 0 fully saturated rings.